The summed E-state index contributed by atoms with van der Waals surface area (Å²) in [5.74, 6) is -3.32. The first-order valence-electron chi connectivity index (χ1n) is 27.6. The van der Waals surface area contributed by atoms with E-state index in [1.807, 2.05) is 6.92 Å². The number of aromatic amines is 1. The Labute approximate surface area is 496 Å². The van der Waals surface area contributed by atoms with Crippen molar-refractivity contribution < 1.29 is 60.0 Å². The van der Waals surface area contributed by atoms with Crippen LogP contribution >= 0.6 is 0 Å². The van der Waals surface area contributed by atoms with E-state index < -0.39 is 62.0 Å². The van der Waals surface area contributed by atoms with E-state index in [1.54, 1.807) is 74.1 Å². The molecule has 27 nitrogen and oxygen atoms in total. The number of hydrazone groups is 1. The number of anilines is 2. The number of sulfonamides is 1. The van der Waals surface area contributed by atoms with E-state index in [-0.39, 0.29) is 87.9 Å². The van der Waals surface area contributed by atoms with Gasteiger partial charge in [-0.2, -0.15) is 18.2 Å². The molecule has 5 amide bonds. The van der Waals surface area contributed by atoms with E-state index in [9.17, 15) is 60.1 Å². The first kappa shape index (κ1) is 66.2. The summed E-state index contributed by atoms with van der Waals surface area (Å²) in [5, 5.41) is 30.8. The number of hydrogen-bond donors (Lipinski definition) is 11. The van der Waals surface area contributed by atoms with Crippen molar-refractivity contribution in [2.45, 2.75) is 108 Å². The van der Waals surface area contributed by atoms with Crippen molar-refractivity contribution in [2.24, 2.45) is 5.10 Å². The summed E-state index contributed by atoms with van der Waals surface area (Å²) in [5.41, 5.74) is 4.87. The quantitative estimate of drug-likeness (QED) is 0.0119. The molecule has 11 N–H and O–H groups in total. The molecule has 0 aliphatic carbocycles. The SMILES string of the molecule is CCC[C@H](NC(=O)c1ccc(N/N=C/c2ccccc2S(=O)(=O)O)nc1)C(=O)NCCCOCCCNC(=O)CCC(=O)NCCCn1cc(C(=O)NC[C@H](NS(=O)(=O)c2c(C)cc(C)cc2C)C(=O)O)c(=O)c2ccc(CNc3ncc[nH]3)cc21. The van der Waals surface area contributed by atoms with E-state index in [0.29, 0.717) is 81.0 Å². The number of imidazole rings is 1. The predicted octanol–water partition coefficient (Wildman–Crippen LogP) is 3.43. The van der Waals surface area contributed by atoms with Gasteiger partial charge in [0.05, 0.1) is 22.2 Å². The normalized spacial score (nSPS) is 12.3. The number of pyridine rings is 2. The Kier molecular flexibility index (Phi) is 24.5. The first-order chi connectivity index (χ1) is 41.0. The summed E-state index contributed by atoms with van der Waals surface area (Å²) in [7, 11) is -8.82. The second-order valence-corrected chi connectivity index (χ2v) is 23.0. The molecular formula is C57H71N13O14S2. The van der Waals surface area contributed by atoms with Gasteiger partial charge in [0.2, 0.25) is 33.2 Å². The van der Waals surface area contributed by atoms with Gasteiger partial charge < -0.3 is 51.3 Å². The lowest BCUT2D eigenvalue weighted by Gasteiger charge is -2.19. The van der Waals surface area contributed by atoms with Crippen LogP contribution in [0.1, 0.15) is 100 Å². The molecule has 3 aromatic carbocycles. The smallest absolute Gasteiger partial charge is 0.323 e. The lowest BCUT2D eigenvalue weighted by molar-refractivity contribution is -0.138. The fourth-order valence-electron chi connectivity index (χ4n) is 9.02. The molecule has 0 saturated heterocycles. The number of amides is 5. The molecule has 6 aromatic rings. The third-order valence-electron chi connectivity index (χ3n) is 13.1. The maximum Gasteiger partial charge on any atom is 0.323 e. The van der Waals surface area contributed by atoms with Gasteiger partial charge in [0, 0.05) is 101 Å². The summed E-state index contributed by atoms with van der Waals surface area (Å²) in [6.45, 7) is 8.11. The number of carbonyl (C=O) groups is 6. The van der Waals surface area contributed by atoms with Crippen LogP contribution < -0.4 is 47.5 Å². The van der Waals surface area contributed by atoms with Crippen LogP contribution in [0.4, 0.5) is 11.8 Å². The Morgan fingerprint density at radius 2 is 1.50 bits per heavy atom. The van der Waals surface area contributed by atoms with Crippen LogP contribution in [-0.2, 0) is 57.1 Å². The van der Waals surface area contributed by atoms with Gasteiger partial charge in [0.15, 0.2) is 5.95 Å². The summed E-state index contributed by atoms with van der Waals surface area (Å²) >= 11 is 0. The second kappa shape index (κ2) is 31.8. The van der Waals surface area contributed by atoms with Gasteiger partial charge in [0.25, 0.3) is 21.9 Å². The number of rotatable bonds is 34. The number of fused-ring (bicyclic) bond motifs is 1. The second-order valence-electron chi connectivity index (χ2n) is 20.0. The van der Waals surface area contributed by atoms with Crippen LogP contribution in [0.3, 0.4) is 0 Å². The van der Waals surface area contributed by atoms with Gasteiger partial charge in [-0.1, -0.05) is 55.3 Å². The molecule has 460 valence electrons. The minimum Gasteiger partial charge on any atom is -0.480 e. The number of carboxylic acids is 1. The fraction of sp³-hybridized carbons (Fsp3) is 0.368. The summed E-state index contributed by atoms with van der Waals surface area (Å²) in [4.78, 5) is 102. The molecule has 0 aliphatic heterocycles. The van der Waals surface area contributed by atoms with E-state index >= 15 is 0 Å². The number of carbonyl (C=O) groups excluding carboxylic acids is 5. The Morgan fingerprint density at radius 1 is 0.814 bits per heavy atom. The van der Waals surface area contributed by atoms with Crippen molar-refractivity contribution in [2.75, 3.05) is 50.1 Å². The number of nitrogens with zero attached hydrogens (tertiary/aromatic N) is 4. The third kappa shape index (κ3) is 19.9. The highest BCUT2D eigenvalue weighted by atomic mass is 32.2. The number of hydrogen-bond acceptors (Lipinski definition) is 17. The Balaban J connectivity index is 0.891. The number of aryl methyl sites for hydroxylation is 4. The highest BCUT2D eigenvalue weighted by molar-refractivity contribution is 7.89. The van der Waals surface area contributed by atoms with Gasteiger partial charge in [-0.25, -0.2) is 18.4 Å². The molecule has 0 spiro atoms. The molecule has 0 bridgehead atoms. The zero-order valence-electron chi connectivity index (χ0n) is 47.9. The van der Waals surface area contributed by atoms with Gasteiger partial charge in [-0.05, 0) is 93.5 Å². The number of ether oxygens (including phenoxy) is 1. The first-order valence-corrected chi connectivity index (χ1v) is 30.5. The Morgan fingerprint density at radius 3 is 2.14 bits per heavy atom. The van der Waals surface area contributed by atoms with Gasteiger partial charge in [-0.3, -0.25) is 43.5 Å². The minimum atomic E-state index is -4.46. The molecule has 3 heterocycles. The zero-order valence-corrected chi connectivity index (χ0v) is 49.5. The number of aliphatic carboxylic acids is 1. The predicted molar refractivity (Wildman–Crippen MR) is 320 cm³/mol. The molecule has 3 aromatic heterocycles. The largest absolute Gasteiger partial charge is 0.480 e. The minimum absolute atomic E-state index is 0.0723. The van der Waals surface area contributed by atoms with E-state index in [1.165, 1.54) is 48.9 Å². The van der Waals surface area contributed by atoms with Crippen LogP contribution in [-0.4, -0.2) is 139 Å². The van der Waals surface area contributed by atoms with E-state index in [4.69, 9.17) is 4.74 Å². The molecule has 0 saturated carbocycles. The molecular weight excluding hydrogens is 1150 g/mol. The van der Waals surface area contributed by atoms with Crippen molar-refractivity contribution in [3.05, 3.63) is 141 Å². The van der Waals surface area contributed by atoms with Crippen molar-refractivity contribution in [1.29, 1.82) is 0 Å². The van der Waals surface area contributed by atoms with Crippen LogP contribution in [0.15, 0.2) is 111 Å². The monoisotopic (exact) mass is 1230 g/mol. The number of benzene rings is 3. The number of nitrogens with one attached hydrogen (secondary N) is 9. The molecule has 0 unspecified atom stereocenters. The highest BCUT2D eigenvalue weighted by Crippen LogP contribution is 2.23. The highest BCUT2D eigenvalue weighted by Gasteiger charge is 2.29. The zero-order chi connectivity index (χ0) is 62.4. The standard InChI is InChI=1S/C57H71N13O14S2/c1-5-11-44(67-53(74)41-15-17-48(63-32-41)68-66-33-40-12-6-7-13-47(40)86(81,82)83)55(76)60-22-10-27-84-26-9-21-59-50(72)19-18-49(71)58-20-8-25-70-35-43(51(73)42-16-14-39(30-46(42)70)31-65-57-61-23-24-62-57)54(75)64-34-45(56(77)78)69-85(79,80)52-37(3)28-36(2)29-38(52)4/h6-7,12-17,23-24,28-30,32-33,35,44-45,69H,5,8-11,18-22,25-27,31,34H2,1-4H3,(H,58,71)(H,59,72)(H,60,76)(H,63,68)(H,64,75)(H,67,74)(H,77,78)(H2,61,62,65)(H,81,82,83)/b66-33+/t44-,45-/m0/s1. The molecule has 6 rings (SSSR count). The number of carboxylic acid groups (broad SMARTS) is 1. The van der Waals surface area contributed by atoms with Crippen LogP contribution in [0.25, 0.3) is 10.9 Å². The fourth-order valence-corrected chi connectivity index (χ4v) is 11.3. The van der Waals surface area contributed by atoms with Gasteiger partial charge in [0.1, 0.15) is 28.4 Å². The van der Waals surface area contributed by atoms with Crippen LogP contribution in [0.5, 0.6) is 0 Å². The maximum atomic E-state index is 13.9. The Bertz CT molecular complexity index is 3670. The topological polar surface area (TPSA) is 393 Å². The summed E-state index contributed by atoms with van der Waals surface area (Å²) in [6, 6.07) is 14.4. The average Bonchev–Trinajstić information content (AvgIpc) is 3.12. The van der Waals surface area contributed by atoms with Crippen molar-refractivity contribution in [1.82, 2.24) is 50.8 Å². The molecule has 0 radical (unpaired) electrons. The van der Waals surface area contributed by atoms with E-state index in [0.717, 1.165) is 11.1 Å². The molecule has 0 fully saturated rings. The summed E-state index contributed by atoms with van der Waals surface area (Å²) < 4.78 is 69.0. The number of aromatic nitrogens is 4. The average molecular weight is 1230 g/mol. The summed E-state index contributed by atoms with van der Waals surface area (Å²) in [6.07, 6.45) is 9.20. The molecule has 0 aliphatic rings. The molecule has 2 atom stereocenters. The van der Waals surface area contributed by atoms with E-state index in [2.05, 4.69) is 62.1 Å². The lowest BCUT2D eigenvalue weighted by atomic mass is 10.1. The molecule has 29 heteroatoms. The third-order valence-corrected chi connectivity index (χ3v) is 15.8. The van der Waals surface area contributed by atoms with Crippen molar-refractivity contribution in [3.63, 3.8) is 0 Å². The van der Waals surface area contributed by atoms with Gasteiger partial charge >= 0.3 is 5.97 Å². The van der Waals surface area contributed by atoms with Gasteiger partial charge in [-0.15, -0.1) is 0 Å². The van der Waals surface area contributed by atoms with Crippen molar-refractivity contribution in [3.8, 4) is 0 Å². The number of H-pyrrole nitrogens is 1. The van der Waals surface area contributed by atoms with Crippen LogP contribution in [0.2, 0.25) is 0 Å². The maximum absolute atomic E-state index is 13.9. The van der Waals surface area contributed by atoms with Crippen LogP contribution in [0, 0.1) is 20.8 Å². The van der Waals surface area contributed by atoms with Crippen molar-refractivity contribution >= 4 is 84.5 Å². The molecule has 86 heavy (non-hydrogen) atoms. The lowest BCUT2D eigenvalue weighted by Crippen LogP contribution is -2.49. The Hall–Kier alpha value is -8.90.